The van der Waals surface area contributed by atoms with Gasteiger partial charge in [0.2, 0.25) is 0 Å². The minimum Gasteiger partial charge on any atom is -0.494 e. The van der Waals surface area contributed by atoms with E-state index >= 15 is 0 Å². The molecule has 1 aliphatic rings. The third-order valence-corrected chi connectivity index (χ3v) is 7.12. The number of imidazole rings is 2. The largest absolute Gasteiger partial charge is 0.494 e. The van der Waals surface area contributed by atoms with Gasteiger partial charge in [0, 0.05) is 59.9 Å². The predicted molar refractivity (Wildman–Crippen MR) is 165 cm³/mol. The van der Waals surface area contributed by atoms with Crippen molar-refractivity contribution in [3.8, 4) is 11.5 Å². The lowest BCUT2D eigenvalue weighted by Gasteiger charge is -2.37. The maximum atomic E-state index is 5.65. The van der Waals surface area contributed by atoms with E-state index in [4.69, 9.17) is 9.47 Å². The van der Waals surface area contributed by atoms with E-state index < -0.39 is 0 Å². The van der Waals surface area contributed by atoms with Gasteiger partial charge in [-0.1, -0.05) is 10.2 Å². The molecule has 0 radical (unpaired) electrons. The van der Waals surface area contributed by atoms with Gasteiger partial charge in [0.05, 0.1) is 67.2 Å². The van der Waals surface area contributed by atoms with Crippen LogP contribution in [0.2, 0.25) is 0 Å². The standard InChI is InChI=1S/C28H36N10O2.2CH3/c1-33-11-12-34(2)27(33)31-29-23-9-7-21(19-25(23)39-5)37-15-17-38(18-16-37)22-8-10-24(26(20-22)40-6)30-32-28-35(3)13-14-36(28)4;;/h7-14,19-20H,15-18H2,1-6H3;2*1H3/q+2;2*-1. The van der Waals surface area contributed by atoms with Crippen molar-refractivity contribution in [3.63, 3.8) is 0 Å². The lowest BCUT2D eigenvalue weighted by atomic mass is 10.2. The van der Waals surface area contributed by atoms with E-state index in [1.54, 1.807) is 14.2 Å². The van der Waals surface area contributed by atoms with Crippen molar-refractivity contribution in [2.24, 2.45) is 48.6 Å². The number of aryl methyl sites for hydroxylation is 4. The zero-order valence-electron chi connectivity index (χ0n) is 25.9. The Morgan fingerprint density at radius 3 is 1.31 bits per heavy atom. The van der Waals surface area contributed by atoms with Gasteiger partial charge in [0.15, 0.2) is 0 Å². The summed E-state index contributed by atoms with van der Waals surface area (Å²) in [5, 5.41) is 17.7. The molecule has 0 aliphatic carbocycles. The van der Waals surface area contributed by atoms with Gasteiger partial charge in [-0.25, -0.2) is 18.3 Å². The Balaban J connectivity index is 0.00000242. The summed E-state index contributed by atoms with van der Waals surface area (Å²) in [5.74, 6) is 2.89. The maximum absolute atomic E-state index is 5.65. The first-order chi connectivity index (χ1) is 19.4. The molecule has 12 heteroatoms. The predicted octanol–water partition coefficient (Wildman–Crippen LogP) is 5.09. The molecule has 4 aromatic rings. The molecule has 1 fully saturated rings. The Morgan fingerprint density at radius 1 is 0.619 bits per heavy atom. The highest BCUT2D eigenvalue weighted by atomic mass is 16.5. The molecule has 1 saturated heterocycles. The topological polar surface area (TPSA) is 92.0 Å². The fourth-order valence-electron chi connectivity index (χ4n) is 4.76. The van der Waals surface area contributed by atoms with Gasteiger partial charge in [-0.15, -0.1) is 0 Å². The molecule has 0 atom stereocenters. The monoisotopic (exact) mass is 574 g/mol. The number of nitrogens with zero attached hydrogens (tertiary/aromatic N) is 10. The highest BCUT2D eigenvalue weighted by Gasteiger charge is 2.21. The average molecular weight is 575 g/mol. The van der Waals surface area contributed by atoms with Gasteiger partial charge in [0.25, 0.3) is 0 Å². The summed E-state index contributed by atoms with van der Waals surface area (Å²) in [6.45, 7) is 3.49. The quantitative estimate of drug-likeness (QED) is 0.167. The number of rotatable bonds is 8. The van der Waals surface area contributed by atoms with E-state index in [2.05, 4.69) is 42.4 Å². The Kier molecular flexibility index (Phi) is 10.4. The van der Waals surface area contributed by atoms with Crippen LogP contribution in [0, 0.1) is 14.9 Å². The Bertz CT molecular complexity index is 1390. The fourth-order valence-corrected chi connectivity index (χ4v) is 4.76. The molecule has 12 nitrogen and oxygen atoms in total. The third kappa shape index (κ3) is 6.59. The molecule has 1 aliphatic heterocycles. The molecule has 2 aromatic carbocycles. The lowest BCUT2D eigenvalue weighted by molar-refractivity contribution is -0.657. The Morgan fingerprint density at radius 2 is 1.00 bits per heavy atom. The van der Waals surface area contributed by atoms with Gasteiger partial charge in [-0.3, -0.25) is 0 Å². The van der Waals surface area contributed by atoms with Crippen molar-refractivity contribution in [2.75, 3.05) is 50.2 Å². The number of methoxy groups -OCH3 is 2. The third-order valence-electron chi connectivity index (χ3n) is 7.12. The second-order valence-electron chi connectivity index (χ2n) is 9.73. The van der Waals surface area contributed by atoms with Crippen molar-refractivity contribution in [2.45, 2.75) is 0 Å². The zero-order valence-corrected chi connectivity index (χ0v) is 25.9. The summed E-state index contributed by atoms with van der Waals surface area (Å²) >= 11 is 0. The summed E-state index contributed by atoms with van der Waals surface area (Å²) in [6.07, 6.45) is 7.76. The first-order valence-electron chi connectivity index (χ1n) is 13.1. The molecule has 0 N–H and O–H groups in total. The van der Waals surface area contributed by atoms with Gasteiger partial charge < -0.3 is 34.1 Å². The SMILES string of the molecule is COc1cc(N2CCN(c3ccc(N=Nc4n(C)cc[n+]4C)c(OC)c3)CC2)ccc1N=Nc1n(C)cc[n+]1C.[CH3-].[CH3-]. The Labute approximate surface area is 248 Å². The summed E-state index contributed by atoms with van der Waals surface area (Å²) in [7, 11) is 11.1. The first-order valence-corrected chi connectivity index (χ1v) is 13.1. The lowest BCUT2D eigenvalue weighted by Crippen LogP contribution is -2.46. The van der Waals surface area contributed by atoms with Crippen molar-refractivity contribution in [3.05, 3.63) is 76.0 Å². The molecule has 0 saturated carbocycles. The van der Waals surface area contributed by atoms with Crippen molar-refractivity contribution >= 4 is 34.6 Å². The number of anilines is 2. The summed E-state index contributed by atoms with van der Waals surface area (Å²) in [5.41, 5.74) is 3.58. The van der Waals surface area contributed by atoms with Gasteiger partial charge >= 0.3 is 11.9 Å². The Hall–Kier alpha value is -4.74. The molecular weight excluding hydrogens is 532 g/mol. The van der Waals surface area contributed by atoms with Crippen LogP contribution in [0.15, 0.2) is 81.6 Å². The van der Waals surface area contributed by atoms with Crippen LogP contribution in [-0.2, 0) is 28.2 Å². The molecule has 5 rings (SSSR count). The normalized spacial score (nSPS) is 13.4. The number of aromatic nitrogens is 4. The smallest absolute Gasteiger partial charge is 0.421 e. The molecule has 2 aromatic heterocycles. The van der Waals surface area contributed by atoms with Crippen LogP contribution >= 0.6 is 0 Å². The van der Waals surface area contributed by atoms with Gasteiger partial charge in [-0.2, -0.15) is 0 Å². The van der Waals surface area contributed by atoms with Crippen LogP contribution in [0.25, 0.3) is 0 Å². The maximum Gasteiger partial charge on any atom is 0.421 e. The average Bonchev–Trinajstić information content (AvgIpc) is 3.48. The van der Waals surface area contributed by atoms with Crippen LogP contribution in [-0.4, -0.2) is 49.5 Å². The van der Waals surface area contributed by atoms with Gasteiger partial charge in [0.1, 0.15) is 22.9 Å². The van der Waals surface area contributed by atoms with Crippen LogP contribution in [0.3, 0.4) is 0 Å². The molecule has 0 spiro atoms. The summed E-state index contributed by atoms with van der Waals surface area (Å²) in [4.78, 5) is 4.72. The molecule has 0 amide bonds. The summed E-state index contributed by atoms with van der Waals surface area (Å²) < 4.78 is 19.0. The van der Waals surface area contributed by atoms with Crippen LogP contribution in [0.5, 0.6) is 11.5 Å². The van der Waals surface area contributed by atoms with Crippen molar-refractivity contribution in [1.82, 2.24) is 9.13 Å². The minimum absolute atomic E-state index is 0. The van der Waals surface area contributed by atoms with E-state index in [1.807, 2.05) is 95.5 Å². The number of hydrogen-bond acceptors (Lipinski definition) is 8. The highest BCUT2D eigenvalue weighted by molar-refractivity contribution is 5.64. The van der Waals surface area contributed by atoms with Crippen LogP contribution < -0.4 is 28.4 Å². The first kappa shape index (κ1) is 31.8. The second kappa shape index (κ2) is 13.7. The van der Waals surface area contributed by atoms with E-state index in [-0.39, 0.29) is 14.9 Å². The van der Waals surface area contributed by atoms with Crippen LogP contribution in [0.1, 0.15) is 0 Å². The molecule has 224 valence electrons. The van der Waals surface area contributed by atoms with Crippen molar-refractivity contribution < 1.29 is 18.6 Å². The molecule has 42 heavy (non-hydrogen) atoms. The minimum atomic E-state index is 0. The molecule has 3 heterocycles. The number of piperazine rings is 1. The van der Waals surface area contributed by atoms with Crippen LogP contribution in [0.4, 0.5) is 34.6 Å². The highest BCUT2D eigenvalue weighted by Crippen LogP contribution is 2.35. The summed E-state index contributed by atoms with van der Waals surface area (Å²) in [6, 6.07) is 12.1. The fraction of sp³-hybridized carbons (Fsp3) is 0.333. The van der Waals surface area contributed by atoms with Crippen molar-refractivity contribution in [1.29, 1.82) is 0 Å². The number of benzene rings is 2. The molecular formula is C30H42N10O2. The number of ether oxygens (including phenoxy) is 2. The number of hydrogen-bond donors (Lipinski definition) is 0. The van der Waals surface area contributed by atoms with Gasteiger partial charge in [-0.05, 0) is 24.3 Å². The molecule has 0 bridgehead atoms. The van der Waals surface area contributed by atoms with E-state index in [9.17, 15) is 0 Å². The van der Waals surface area contributed by atoms with E-state index in [0.29, 0.717) is 22.9 Å². The second-order valence-corrected chi connectivity index (χ2v) is 9.73. The molecule has 0 unspecified atom stereocenters. The number of azo groups is 2. The van der Waals surface area contributed by atoms with E-state index in [1.165, 1.54) is 0 Å². The van der Waals surface area contributed by atoms with E-state index in [0.717, 1.165) is 49.5 Å². The zero-order chi connectivity index (χ0) is 28.2.